The summed E-state index contributed by atoms with van der Waals surface area (Å²) in [6, 6.07) is 5.69. The maximum absolute atomic E-state index is 6.46. The van der Waals surface area contributed by atoms with E-state index in [-0.39, 0.29) is 0 Å². The van der Waals surface area contributed by atoms with Crippen molar-refractivity contribution in [3.63, 3.8) is 0 Å². The molecule has 0 aliphatic heterocycles. The first-order chi connectivity index (χ1) is 18.1. The van der Waals surface area contributed by atoms with Crippen molar-refractivity contribution in [3.8, 4) is 5.75 Å². The van der Waals surface area contributed by atoms with E-state index in [1.165, 1.54) is 70.6 Å². The summed E-state index contributed by atoms with van der Waals surface area (Å²) in [5, 5.41) is 0. The maximum atomic E-state index is 6.46. The fourth-order valence-corrected chi connectivity index (χ4v) is 10.2. The van der Waals surface area contributed by atoms with Gasteiger partial charge in [0.2, 0.25) is 0 Å². The van der Waals surface area contributed by atoms with Gasteiger partial charge in [-0.05, 0) is 134 Å². The molecule has 4 N–H and O–H groups in total. The molecule has 3 nitrogen and oxygen atoms in total. The predicted molar refractivity (Wildman–Crippen MR) is 168 cm³/mol. The minimum absolute atomic E-state index is 0.293. The van der Waals surface area contributed by atoms with Crippen LogP contribution in [0.1, 0.15) is 112 Å². The molecule has 0 saturated heterocycles. The van der Waals surface area contributed by atoms with Crippen LogP contribution < -0.4 is 16.2 Å². The Balaban J connectivity index is 0.00000164. The molecule has 0 amide bonds. The van der Waals surface area contributed by atoms with Crippen LogP contribution in [0.2, 0.25) is 0 Å². The van der Waals surface area contributed by atoms with Gasteiger partial charge in [0.05, 0.1) is 11.8 Å². The highest BCUT2D eigenvalue weighted by Gasteiger charge is 2.60. The van der Waals surface area contributed by atoms with Gasteiger partial charge in [-0.1, -0.05) is 53.9 Å². The molecule has 0 aromatic heterocycles. The fraction of sp³-hybridized carbons (Fsp3) is 0.824. The second kappa shape index (κ2) is 12.2. The number of anilines is 2. The van der Waals surface area contributed by atoms with Gasteiger partial charge in [0, 0.05) is 5.69 Å². The van der Waals surface area contributed by atoms with Gasteiger partial charge in [-0.3, -0.25) is 0 Å². The molecule has 4 heteroatoms. The Bertz CT molecular complexity index is 920. The lowest BCUT2D eigenvalue weighted by Crippen LogP contribution is -2.54. The standard InChI is InChI=1S/C33H54N2O.CH4S/c1-21(2)7-6-8-22(3)27-12-13-28-26-11-9-23-19-25(36-31-14-10-24(34)20-30(31)35)15-17-32(23,4)29(26)16-18-33(27,28)5;1-2/h10,14,20-23,25-29H,6-9,11-13,15-19,34-35H2,1-5H3;2H,1H3. The van der Waals surface area contributed by atoms with Crippen LogP contribution in [0, 0.1) is 52.3 Å². The summed E-state index contributed by atoms with van der Waals surface area (Å²) >= 11 is 3.53. The molecule has 4 aliphatic carbocycles. The third-order valence-corrected chi connectivity index (χ3v) is 12.1. The quantitative estimate of drug-likeness (QED) is 0.238. The van der Waals surface area contributed by atoms with E-state index >= 15 is 0 Å². The number of hydrogen-bond donors (Lipinski definition) is 3. The summed E-state index contributed by atoms with van der Waals surface area (Å²) in [4.78, 5) is 0. The van der Waals surface area contributed by atoms with E-state index in [4.69, 9.17) is 16.2 Å². The number of thiol groups is 1. The first-order valence-corrected chi connectivity index (χ1v) is 16.8. The third kappa shape index (κ3) is 5.72. The molecule has 4 aliphatic rings. The Kier molecular flexibility index (Phi) is 9.64. The van der Waals surface area contributed by atoms with E-state index in [0.717, 1.165) is 53.6 Å². The van der Waals surface area contributed by atoms with Gasteiger partial charge in [-0.15, -0.1) is 0 Å². The van der Waals surface area contributed by atoms with Crippen LogP contribution in [0.3, 0.4) is 0 Å². The highest BCUT2D eigenvalue weighted by molar-refractivity contribution is 7.79. The van der Waals surface area contributed by atoms with Crippen LogP contribution >= 0.6 is 12.6 Å². The van der Waals surface area contributed by atoms with Crippen molar-refractivity contribution in [3.05, 3.63) is 18.2 Å². The Morgan fingerprint density at radius 2 is 1.61 bits per heavy atom. The molecule has 0 radical (unpaired) electrons. The van der Waals surface area contributed by atoms with Crippen molar-refractivity contribution < 1.29 is 4.74 Å². The lowest BCUT2D eigenvalue weighted by atomic mass is 9.44. The smallest absolute Gasteiger partial charge is 0.142 e. The molecule has 9 unspecified atom stereocenters. The molecule has 0 spiro atoms. The maximum Gasteiger partial charge on any atom is 0.142 e. The number of fused-ring (bicyclic) bond motifs is 5. The van der Waals surface area contributed by atoms with Crippen molar-refractivity contribution in [1.29, 1.82) is 0 Å². The molecule has 1 aromatic rings. The summed E-state index contributed by atoms with van der Waals surface area (Å²) < 4.78 is 6.46. The van der Waals surface area contributed by atoms with Gasteiger partial charge >= 0.3 is 0 Å². The molecule has 1 aromatic carbocycles. The number of benzene rings is 1. The van der Waals surface area contributed by atoms with Crippen LogP contribution in [-0.2, 0) is 0 Å². The topological polar surface area (TPSA) is 61.3 Å². The third-order valence-electron chi connectivity index (χ3n) is 12.1. The molecule has 216 valence electrons. The monoisotopic (exact) mass is 542 g/mol. The highest BCUT2D eigenvalue weighted by Crippen LogP contribution is 2.68. The minimum Gasteiger partial charge on any atom is -0.488 e. The molecular weight excluding hydrogens is 484 g/mol. The first-order valence-electron chi connectivity index (χ1n) is 15.9. The van der Waals surface area contributed by atoms with E-state index in [0.29, 0.717) is 28.3 Å². The van der Waals surface area contributed by atoms with Gasteiger partial charge in [0.1, 0.15) is 5.75 Å². The molecule has 5 rings (SSSR count). The van der Waals surface area contributed by atoms with Crippen LogP contribution in [-0.4, -0.2) is 12.4 Å². The van der Waals surface area contributed by atoms with E-state index in [2.05, 4.69) is 47.2 Å². The van der Waals surface area contributed by atoms with Crippen LogP contribution in [0.5, 0.6) is 5.75 Å². The zero-order chi connectivity index (χ0) is 27.7. The van der Waals surface area contributed by atoms with Crippen LogP contribution in [0.4, 0.5) is 11.4 Å². The summed E-state index contributed by atoms with van der Waals surface area (Å²) in [5.41, 5.74) is 14.6. The molecule has 9 atom stereocenters. The fourth-order valence-electron chi connectivity index (χ4n) is 10.2. The van der Waals surface area contributed by atoms with E-state index in [1.54, 1.807) is 6.26 Å². The second-order valence-electron chi connectivity index (χ2n) is 14.5. The molecule has 4 fully saturated rings. The number of nitrogens with two attached hydrogens (primary N) is 2. The summed E-state index contributed by atoms with van der Waals surface area (Å²) in [7, 11) is 0. The Labute approximate surface area is 240 Å². The van der Waals surface area contributed by atoms with E-state index in [1.807, 2.05) is 18.2 Å². The van der Waals surface area contributed by atoms with Crippen molar-refractivity contribution in [2.24, 2.45) is 52.3 Å². The molecular formula is C34H58N2OS. The average Bonchev–Trinajstić information content (AvgIpc) is 3.24. The zero-order valence-electron chi connectivity index (χ0n) is 25.3. The van der Waals surface area contributed by atoms with Gasteiger partial charge in [-0.2, -0.15) is 12.6 Å². The number of rotatable bonds is 7. The van der Waals surface area contributed by atoms with Crippen LogP contribution in [0.15, 0.2) is 18.2 Å². The summed E-state index contributed by atoms with van der Waals surface area (Å²) in [6.07, 6.45) is 18.7. The van der Waals surface area contributed by atoms with Crippen LogP contribution in [0.25, 0.3) is 0 Å². The Morgan fingerprint density at radius 1 is 0.895 bits per heavy atom. The Hall–Kier alpha value is -1.03. The predicted octanol–water partition coefficient (Wildman–Crippen LogP) is 9.27. The number of hydrogen-bond acceptors (Lipinski definition) is 4. The minimum atomic E-state index is 0.293. The Morgan fingerprint density at radius 3 is 2.32 bits per heavy atom. The molecule has 0 bridgehead atoms. The average molecular weight is 543 g/mol. The SMILES string of the molecule is CC(C)CCCC(C)C1CCC2C3CCC4CC(Oc5ccc(N)cc5N)CCC4(C)C3CCC12C.CS. The number of ether oxygens (including phenoxy) is 1. The lowest BCUT2D eigenvalue weighted by molar-refractivity contribution is -0.126. The molecule has 4 saturated carbocycles. The normalized spacial score (nSPS) is 38.8. The van der Waals surface area contributed by atoms with E-state index < -0.39 is 0 Å². The van der Waals surface area contributed by atoms with Crippen molar-refractivity contribution >= 4 is 24.0 Å². The first kappa shape index (κ1) is 29.9. The van der Waals surface area contributed by atoms with Crippen molar-refractivity contribution in [2.45, 2.75) is 118 Å². The second-order valence-corrected chi connectivity index (χ2v) is 14.5. The molecule has 38 heavy (non-hydrogen) atoms. The molecule has 0 heterocycles. The largest absolute Gasteiger partial charge is 0.488 e. The van der Waals surface area contributed by atoms with Gasteiger partial charge < -0.3 is 16.2 Å². The van der Waals surface area contributed by atoms with Crippen molar-refractivity contribution in [2.75, 3.05) is 17.7 Å². The summed E-state index contributed by atoms with van der Waals surface area (Å²) in [5.74, 6) is 7.17. The van der Waals surface area contributed by atoms with Gasteiger partial charge in [0.15, 0.2) is 0 Å². The van der Waals surface area contributed by atoms with Crippen molar-refractivity contribution in [1.82, 2.24) is 0 Å². The van der Waals surface area contributed by atoms with E-state index in [9.17, 15) is 0 Å². The lowest BCUT2D eigenvalue weighted by Gasteiger charge is -2.61. The summed E-state index contributed by atoms with van der Waals surface area (Å²) in [6.45, 7) is 12.7. The van der Waals surface area contributed by atoms with Gasteiger partial charge in [0.25, 0.3) is 0 Å². The van der Waals surface area contributed by atoms with Gasteiger partial charge in [-0.25, -0.2) is 0 Å². The zero-order valence-corrected chi connectivity index (χ0v) is 26.2. The highest BCUT2D eigenvalue weighted by atomic mass is 32.1. The number of nitrogen functional groups attached to an aromatic ring is 2.